The van der Waals surface area contributed by atoms with Gasteiger partial charge in [0.15, 0.2) is 11.5 Å². The minimum Gasteiger partial charge on any atom is -0.493 e. The van der Waals surface area contributed by atoms with Crippen LogP contribution in [0.3, 0.4) is 0 Å². The van der Waals surface area contributed by atoms with E-state index in [-0.39, 0.29) is 18.0 Å². The third-order valence-corrected chi connectivity index (χ3v) is 4.76. The first-order valence-corrected chi connectivity index (χ1v) is 10.2. The molecule has 2 rings (SSSR count). The highest BCUT2D eigenvalue weighted by Gasteiger charge is 2.12. The molecule has 0 bridgehead atoms. The number of hydrogen-bond acceptors (Lipinski definition) is 6. The van der Waals surface area contributed by atoms with Crippen LogP contribution in [0.2, 0.25) is 0 Å². The fourth-order valence-electron chi connectivity index (χ4n) is 3.15. The predicted molar refractivity (Wildman–Crippen MR) is 115 cm³/mol. The number of hydrogen-bond donors (Lipinski definition) is 2. The summed E-state index contributed by atoms with van der Waals surface area (Å²) in [7, 11) is 2.98. The highest BCUT2D eigenvalue weighted by molar-refractivity contribution is 5.81. The van der Waals surface area contributed by atoms with E-state index in [0.717, 1.165) is 12.8 Å². The van der Waals surface area contributed by atoms with Crippen LogP contribution in [0.5, 0.6) is 11.5 Å². The number of methoxy groups -OCH3 is 2. The highest BCUT2D eigenvalue weighted by Crippen LogP contribution is 2.29. The summed E-state index contributed by atoms with van der Waals surface area (Å²) in [4.78, 5) is 39.6. The third-order valence-electron chi connectivity index (χ3n) is 4.76. The van der Waals surface area contributed by atoms with Crippen LogP contribution >= 0.6 is 0 Å². The molecular formula is C21H31N3O6. The second-order valence-electron chi connectivity index (χ2n) is 6.85. The van der Waals surface area contributed by atoms with Crippen LogP contribution in [0, 0.1) is 0 Å². The maximum absolute atomic E-state index is 12.8. The van der Waals surface area contributed by atoms with Gasteiger partial charge in [0.1, 0.15) is 0 Å². The van der Waals surface area contributed by atoms with E-state index in [1.807, 2.05) is 6.92 Å². The van der Waals surface area contributed by atoms with Gasteiger partial charge in [0.05, 0.1) is 25.1 Å². The number of nitrogens with zero attached hydrogens (tertiary/aromatic N) is 1. The number of rotatable bonds is 13. The van der Waals surface area contributed by atoms with E-state index in [2.05, 4.69) is 10.3 Å². The summed E-state index contributed by atoms with van der Waals surface area (Å²) in [6.45, 7) is 4.15. The minimum absolute atomic E-state index is 0.00765. The number of benzene rings is 1. The Balaban J connectivity index is 1.88. The summed E-state index contributed by atoms with van der Waals surface area (Å²) >= 11 is 0. The number of nitrogens with one attached hydrogen (secondary N) is 2. The van der Waals surface area contributed by atoms with Gasteiger partial charge in [-0.1, -0.05) is 6.42 Å². The van der Waals surface area contributed by atoms with E-state index in [4.69, 9.17) is 14.2 Å². The number of fused-ring (bicyclic) bond motifs is 1. The lowest BCUT2D eigenvalue weighted by Gasteiger charge is -2.10. The summed E-state index contributed by atoms with van der Waals surface area (Å²) in [6, 6.07) is 3.15. The quantitative estimate of drug-likeness (QED) is 0.477. The van der Waals surface area contributed by atoms with Gasteiger partial charge >= 0.3 is 5.69 Å². The van der Waals surface area contributed by atoms with E-state index >= 15 is 0 Å². The van der Waals surface area contributed by atoms with Crippen LogP contribution in [0.25, 0.3) is 10.9 Å². The number of H-pyrrole nitrogens is 1. The smallest absolute Gasteiger partial charge is 0.328 e. The van der Waals surface area contributed by atoms with Crippen molar-refractivity contribution in [2.24, 2.45) is 0 Å². The molecule has 166 valence electrons. The number of ether oxygens (including phenoxy) is 3. The molecule has 2 aromatic rings. The van der Waals surface area contributed by atoms with Crippen LogP contribution in [0.1, 0.15) is 39.0 Å². The lowest BCUT2D eigenvalue weighted by atomic mass is 10.2. The normalized spacial score (nSPS) is 10.9. The van der Waals surface area contributed by atoms with Crippen molar-refractivity contribution in [1.29, 1.82) is 0 Å². The van der Waals surface area contributed by atoms with Gasteiger partial charge in [-0.05, 0) is 32.3 Å². The molecule has 1 heterocycles. The lowest BCUT2D eigenvalue weighted by molar-refractivity contribution is -0.121. The van der Waals surface area contributed by atoms with Crippen LogP contribution in [-0.2, 0) is 16.1 Å². The van der Waals surface area contributed by atoms with Gasteiger partial charge in [0.25, 0.3) is 5.56 Å². The topological polar surface area (TPSA) is 112 Å². The van der Waals surface area contributed by atoms with Crippen molar-refractivity contribution < 1.29 is 19.0 Å². The minimum atomic E-state index is -0.466. The zero-order chi connectivity index (χ0) is 21.9. The van der Waals surface area contributed by atoms with E-state index in [1.165, 1.54) is 18.8 Å². The second-order valence-corrected chi connectivity index (χ2v) is 6.85. The van der Waals surface area contributed by atoms with Crippen LogP contribution in [0.15, 0.2) is 21.7 Å². The monoisotopic (exact) mass is 421 g/mol. The van der Waals surface area contributed by atoms with E-state index in [9.17, 15) is 14.4 Å². The Labute approximate surface area is 175 Å². The molecule has 0 aliphatic heterocycles. The van der Waals surface area contributed by atoms with Gasteiger partial charge in [-0.15, -0.1) is 0 Å². The molecule has 9 heteroatoms. The molecule has 9 nitrogen and oxygen atoms in total. The first kappa shape index (κ1) is 23.5. The molecule has 0 atom stereocenters. The molecule has 2 N–H and O–H groups in total. The van der Waals surface area contributed by atoms with Crippen molar-refractivity contribution in [1.82, 2.24) is 14.9 Å². The Hall–Kier alpha value is -2.81. The lowest BCUT2D eigenvalue weighted by Crippen LogP contribution is -2.35. The molecule has 1 aromatic carbocycles. The summed E-state index contributed by atoms with van der Waals surface area (Å²) in [5.74, 6) is 0.871. The molecule has 30 heavy (non-hydrogen) atoms. The van der Waals surface area contributed by atoms with Crippen LogP contribution in [0.4, 0.5) is 0 Å². The van der Waals surface area contributed by atoms with Crippen molar-refractivity contribution >= 4 is 16.8 Å². The third kappa shape index (κ3) is 6.35. The molecule has 1 amide bonds. The fraction of sp³-hybridized carbons (Fsp3) is 0.571. The van der Waals surface area contributed by atoms with Crippen molar-refractivity contribution in [3.63, 3.8) is 0 Å². The molecule has 1 aromatic heterocycles. The van der Waals surface area contributed by atoms with Gasteiger partial charge in [0, 0.05) is 38.8 Å². The Kier molecular flexibility index (Phi) is 9.40. The molecule has 0 aliphatic rings. The Morgan fingerprint density at radius 1 is 1.07 bits per heavy atom. The molecule has 0 saturated heterocycles. The highest BCUT2D eigenvalue weighted by atomic mass is 16.5. The molecule has 0 radical (unpaired) electrons. The first-order valence-electron chi connectivity index (χ1n) is 10.2. The van der Waals surface area contributed by atoms with Crippen LogP contribution < -0.4 is 26.0 Å². The maximum Gasteiger partial charge on any atom is 0.328 e. The number of unbranched alkanes of at least 4 members (excludes halogenated alkanes) is 2. The van der Waals surface area contributed by atoms with E-state index < -0.39 is 5.69 Å². The van der Waals surface area contributed by atoms with Gasteiger partial charge in [-0.3, -0.25) is 14.2 Å². The summed E-state index contributed by atoms with van der Waals surface area (Å²) < 4.78 is 16.9. The van der Waals surface area contributed by atoms with Crippen molar-refractivity contribution in [2.45, 2.75) is 45.6 Å². The molecule has 0 aliphatic carbocycles. The standard InChI is InChI=1S/C21H31N3O6/c1-4-30-12-8-10-22-19(25)9-6-5-7-11-24-20(26)15-13-17(28-2)18(29-3)14-16(15)23-21(24)27/h13-14H,4-12H2,1-3H3,(H,22,25)(H,23,27). The van der Waals surface area contributed by atoms with E-state index in [1.54, 1.807) is 12.1 Å². The van der Waals surface area contributed by atoms with Crippen LogP contribution in [-0.4, -0.2) is 49.4 Å². The summed E-state index contributed by atoms with van der Waals surface area (Å²) in [6.07, 6.45) is 3.28. The number of carbonyl (C=O) groups excluding carboxylic acids is 1. The maximum atomic E-state index is 12.8. The fourth-order valence-corrected chi connectivity index (χ4v) is 3.15. The molecule has 0 saturated carbocycles. The van der Waals surface area contributed by atoms with Crippen molar-refractivity contribution in [2.75, 3.05) is 34.0 Å². The molecule has 0 spiro atoms. The summed E-state index contributed by atoms with van der Waals surface area (Å²) in [5, 5.41) is 3.22. The average Bonchev–Trinajstić information content (AvgIpc) is 2.74. The molecule has 0 fully saturated rings. The summed E-state index contributed by atoms with van der Waals surface area (Å²) in [5.41, 5.74) is -0.437. The van der Waals surface area contributed by atoms with Crippen molar-refractivity contribution in [3.8, 4) is 11.5 Å². The Bertz CT molecular complexity index is 950. The number of amides is 1. The average molecular weight is 421 g/mol. The Morgan fingerprint density at radius 3 is 2.50 bits per heavy atom. The van der Waals surface area contributed by atoms with Gasteiger partial charge in [0.2, 0.25) is 5.91 Å². The SMILES string of the molecule is CCOCCCNC(=O)CCCCCn1c(=O)[nH]c2cc(OC)c(OC)cc2c1=O. The van der Waals surface area contributed by atoms with Crippen molar-refractivity contribution in [3.05, 3.63) is 33.0 Å². The number of aromatic amines is 1. The second kappa shape index (κ2) is 12.0. The molecular weight excluding hydrogens is 390 g/mol. The number of aromatic nitrogens is 2. The number of carbonyl (C=O) groups is 1. The van der Waals surface area contributed by atoms with E-state index in [0.29, 0.717) is 61.4 Å². The van der Waals surface area contributed by atoms with Gasteiger partial charge in [-0.2, -0.15) is 0 Å². The Morgan fingerprint density at radius 2 is 1.80 bits per heavy atom. The van der Waals surface area contributed by atoms with Gasteiger partial charge < -0.3 is 24.5 Å². The van der Waals surface area contributed by atoms with Gasteiger partial charge in [-0.25, -0.2) is 4.79 Å². The predicted octanol–water partition coefficient (Wildman–Crippen LogP) is 1.81. The molecule has 0 unspecified atom stereocenters. The first-order chi connectivity index (χ1) is 14.5. The zero-order valence-corrected chi connectivity index (χ0v) is 17.9. The largest absolute Gasteiger partial charge is 0.493 e. The zero-order valence-electron chi connectivity index (χ0n) is 17.9.